The first-order valence-electron chi connectivity index (χ1n) is 5.04. The molecule has 98 valence electrons. The zero-order chi connectivity index (χ0) is 13.1. The maximum absolute atomic E-state index is 12.0. The van der Waals surface area contributed by atoms with Crippen molar-refractivity contribution >= 4 is 11.9 Å². The van der Waals surface area contributed by atoms with E-state index < -0.39 is 30.2 Å². The molecule has 5 nitrogen and oxygen atoms in total. The molecule has 0 spiro atoms. The van der Waals surface area contributed by atoms with Gasteiger partial charge in [-0.05, 0) is 19.3 Å². The summed E-state index contributed by atoms with van der Waals surface area (Å²) >= 11 is 0. The minimum atomic E-state index is -5.09. The molecule has 0 aliphatic carbocycles. The smallest absolute Gasteiger partial charge is 0.471 e. The summed E-state index contributed by atoms with van der Waals surface area (Å²) in [6.07, 6.45) is -4.29. The zero-order valence-corrected chi connectivity index (χ0v) is 8.79. The van der Waals surface area contributed by atoms with Crippen molar-refractivity contribution in [1.29, 1.82) is 0 Å². The lowest BCUT2D eigenvalue weighted by molar-refractivity contribution is -0.177. The molecule has 1 amide bonds. The Bertz CT molecular complexity index is 299. The standard InChI is InChI=1S/C9H12F3NO4/c10-9(11,12)8(16)13-6(7(14)15)5-3-1-2-4-17-5/h5-6H,1-4H2,(H,13,16)(H,14,15). The Kier molecular flexibility index (Phi) is 4.33. The van der Waals surface area contributed by atoms with Gasteiger partial charge in [-0.2, -0.15) is 13.2 Å². The molecule has 2 unspecified atom stereocenters. The van der Waals surface area contributed by atoms with Crippen molar-refractivity contribution in [1.82, 2.24) is 5.32 Å². The third-order valence-corrected chi connectivity index (χ3v) is 2.40. The zero-order valence-electron chi connectivity index (χ0n) is 8.79. The Labute approximate surface area is 94.9 Å². The van der Waals surface area contributed by atoms with Crippen molar-refractivity contribution in [3.05, 3.63) is 0 Å². The van der Waals surface area contributed by atoms with Crippen LogP contribution in [0.3, 0.4) is 0 Å². The number of hydrogen-bond donors (Lipinski definition) is 2. The average Bonchev–Trinajstić information content (AvgIpc) is 2.25. The van der Waals surface area contributed by atoms with Gasteiger partial charge < -0.3 is 15.2 Å². The normalized spacial score (nSPS) is 22.9. The highest BCUT2D eigenvalue weighted by molar-refractivity contribution is 5.87. The molecule has 1 saturated heterocycles. The molecule has 17 heavy (non-hydrogen) atoms. The number of carbonyl (C=O) groups is 2. The second-order valence-corrected chi connectivity index (χ2v) is 3.69. The molecule has 0 saturated carbocycles. The van der Waals surface area contributed by atoms with Crippen molar-refractivity contribution in [3.8, 4) is 0 Å². The van der Waals surface area contributed by atoms with Gasteiger partial charge in [0.15, 0.2) is 6.04 Å². The fourth-order valence-electron chi connectivity index (χ4n) is 1.57. The van der Waals surface area contributed by atoms with Gasteiger partial charge in [0.05, 0.1) is 6.10 Å². The second kappa shape index (κ2) is 5.35. The van der Waals surface area contributed by atoms with E-state index in [0.717, 1.165) is 6.42 Å². The maximum Gasteiger partial charge on any atom is 0.471 e. The Morgan fingerprint density at radius 1 is 1.35 bits per heavy atom. The number of ether oxygens (including phenoxy) is 1. The van der Waals surface area contributed by atoms with Crippen LogP contribution >= 0.6 is 0 Å². The molecule has 1 rings (SSSR count). The highest BCUT2D eigenvalue weighted by atomic mass is 19.4. The van der Waals surface area contributed by atoms with E-state index in [1.165, 1.54) is 5.32 Å². The van der Waals surface area contributed by atoms with Crippen LogP contribution in [0.2, 0.25) is 0 Å². The predicted molar refractivity (Wildman–Crippen MR) is 49.2 cm³/mol. The van der Waals surface area contributed by atoms with Gasteiger partial charge in [-0.3, -0.25) is 4.79 Å². The summed E-state index contributed by atoms with van der Waals surface area (Å²) < 4.78 is 41.0. The Morgan fingerprint density at radius 2 is 2.00 bits per heavy atom. The van der Waals surface area contributed by atoms with E-state index >= 15 is 0 Å². The van der Waals surface area contributed by atoms with Crippen LogP contribution in [0.15, 0.2) is 0 Å². The van der Waals surface area contributed by atoms with Crippen LogP contribution in [0.1, 0.15) is 19.3 Å². The molecule has 2 N–H and O–H groups in total. The molecular formula is C9H12F3NO4. The third kappa shape index (κ3) is 3.88. The molecular weight excluding hydrogens is 243 g/mol. The minimum Gasteiger partial charge on any atom is -0.480 e. The van der Waals surface area contributed by atoms with Gasteiger partial charge in [-0.15, -0.1) is 0 Å². The average molecular weight is 255 g/mol. The second-order valence-electron chi connectivity index (χ2n) is 3.69. The number of aliphatic carboxylic acids is 1. The largest absolute Gasteiger partial charge is 0.480 e. The van der Waals surface area contributed by atoms with Crippen molar-refractivity contribution in [2.75, 3.05) is 6.61 Å². The van der Waals surface area contributed by atoms with E-state index in [9.17, 15) is 22.8 Å². The van der Waals surface area contributed by atoms with Crippen LogP contribution in [0.25, 0.3) is 0 Å². The van der Waals surface area contributed by atoms with E-state index in [1.807, 2.05) is 0 Å². The van der Waals surface area contributed by atoms with E-state index in [4.69, 9.17) is 9.84 Å². The van der Waals surface area contributed by atoms with Gasteiger partial charge >= 0.3 is 18.1 Å². The van der Waals surface area contributed by atoms with Gasteiger partial charge in [-0.1, -0.05) is 0 Å². The number of carboxylic acids is 1. The van der Waals surface area contributed by atoms with Gasteiger partial charge in [-0.25, -0.2) is 4.79 Å². The summed E-state index contributed by atoms with van der Waals surface area (Å²) in [6, 6.07) is -1.66. The van der Waals surface area contributed by atoms with Crippen LogP contribution in [-0.4, -0.2) is 41.9 Å². The lowest BCUT2D eigenvalue weighted by atomic mass is 10.0. The van der Waals surface area contributed by atoms with Gasteiger partial charge in [0, 0.05) is 6.61 Å². The van der Waals surface area contributed by atoms with Crippen LogP contribution in [-0.2, 0) is 14.3 Å². The monoisotopic (exact) mass is 255 g/mol. The van der Waals surface area contributed by atoms with Crippen molar-refractivity contribution in [3.63, 3.8) is 0 Å². The van der Waals surface area contributed by atoms with E-state index in [-0.39, 0.29) is 6.61 Å². The molecule has 1 aliphatic rings. The molecule has 1 heterocycles. The SMILES string of the molecule is O=C(O)C(NC(=O)C(F)(F)F)C1CCCCO1. The fraction of sp³-hybridized carbons (Fsp3) is 0.778. The molecule has 1 aliphatic heterocycles. The first-order valence-corrected chi connectivity index (χ1v) is 5.04. The summed E-state index contributed by atoms with van der Waals surface area (Å²) in [5.41, 5.74) is 0. The predicted octanol–water partition coefficient (Wildman–Crippen LogP) is 0.687. The Morgan fingerprint density at radius 3 is 2.41 bits per heavy atom. The van der Waals surface area contributed by atoms with Crippen LogP contribution in [0.5, 0.6) is 0 Å². The van der Waals surface area contributed by atoms with Gasteiger partial charge in [0.25, 0.3) is 0 Å². The fourth-order valence-corrected chi connectivity index (χ4v) is 1.57. The highest BCUT2D eigenvalue weighted by Crippen LogP contribution is 2.19. The number of rotatable bonds is 3. The van der Waals surface area contributed by atoms with Crippen LogP contribution in [0, 0.1) is 0 Å². The molecule has 0 bridgehead atoms. The number of carboxylic acid groups (broad SMARTS) is 1. The molecule has 0 aromatic heterocycles. The molecule has 0 aromatic carbocycles. The topological polar surface area (TPSA) is 75.6 Å². The summed E-state index contributed by atoms with van der Waals surface area (Å²) in [4.78, 5) is 21.5. The van der Waals surface area contributed by atoms with Gasteiger partial charge in [0.2, 0.25) is 0 Å². The van der Waals surface area contributed by atoms with Gasteiger partial charge in [0.1, 0.15) is 0 Å². The van der Waals surface area contributed by atoms with Crippen molar-refractivity contribution in [2.45, 2.75) is 37.6 Å². The van der Waals surface area contributed by atoms with Crippen molar-refractivity contribution < 1.29 is 32.6 Å². The Balaban J connectivity index is 2.66. The quantitative estimate of drug-likeness (QED) is 0.777. The molecule has 8 heteroatoms. The number of nitrogens with one attached hydrogen (secondary N) is 1. The lowest BCUT2D eigenvalue weighted by Crippen LogP contribution is -2.53. The summed E-state index contributed by atoms with van der Waals surface area (Å²) in [5.74, 6) is -3.80. The van der Waals surface area contributed by atoms with E-state index in [2.05, 4.69) is 0 Å². The number of halogens is 3. The van der Waals surface area contributed by atoms with Crippen LogP contribution in [0.4, 0.5) is 13.2 Å². The van der Waals surface area contributed by atoms with Crippen LogP contribution < -0.4 is 5.32 Å². The number of amides is 1. The Hall–Kier alpha value is -1.31. The first kappa shape index (κ1) is 13.8. The lowest BCUT2D eigenvalue weighted by Gasteiger charge is -2.28. The summed E-state index contributed by atoms with van der Waals surface area (Å²) in [6.45, 7) is 0.288. The van der Waals surface area contributed by atoms with E-state index in [0.29, 0.717) is 12.8 Å². The number of hydrogen-bond acceptors (Lipinski definition) is 3. The van der Waals surface area contributed by atoms with Crippen molar-refractivity contribution in [2.24, 2.45) is 0 Å². The highest BCUT2D eigenvalue weighted by Gasteiger charge is 2.43. The minimum absolute atomic E-state index is 0.288. The molecule has 2 atom stereocenters. The number of carbonyl (C=O) groups excluding carboxylic acids is 1. The summed E-state index contributed by atoms with van der Waals surface area (Å²) in [7, 11) is 0. The molecule has 0 aromatic rings. The van der Waals surface area contributed by atoms with E-state index in [1.54, 1.807) is 0 Å². The molecule has 1 fully saturated rings. The summed E-state index contributed by atoms with van der Waals surface area (Å²) in [5, 5.41) is 10.2. The maximum atomic E-state index is 12.0. The first-order chi connectivity index (χ1) is 7.82. The molecule has 0 radical (unpaired) electrons. The third-order valence-electron chi connectivity index (χ3n) is 2.40. The number of alkyl halides is 3.